The van der Waals surface area contributed by atoms with Gasteiger partial charge in [0.25, 0.3) is 0 Å². The number of aromatic nitrogens is 4. The van der Waals surface area contributed by atoms with Crippen molar-refractivity contribution in [1.82, 2.24) is 19.5 Å². The van der Waals surface area contributed by atoms with Crippen LogP contribution in [-0.4, -0.2) is 45.8 Å². The zero-order valence-electron chi connectivity index (χ0n) is 16.4. The molecular weight excluding hydrogens is 442 g/mol. The monoisotopic (exact) mass is 463 g/mol. The Hall–Kier alpha value is -2.50. The lowest BCUT2D eigenvalue weighted by Crippen LogP contribution is -2.24. The standard InChI is InChI=1S/C20H21N5O4S.ClH/c21-30(27,28)29-10-13-7-14(9-18(13)26)25-6-5-15-19(22-11-23-20(15)25)17-8-12-3-1-2-4-16(12)24-17;/h1-6,8,11,13-14,18,24,26H,7,9-10H2,(H2,21,27,28);1H/t13-,14+,18-;/m0./s1. The molecule has 0 amide bonds. The van der Waals surface area contributed by atoms with Gasteiger partial charge >= 0.3 is 10.3 Å². The van der Waals surface area contributed by atoms with Crippen LogP contribution < -0.4 is 5.14 Å². The van der Waals surface area contributed by atoms with Crippen molar-refractivity contribution < 1.29 is 17.7 Å². The highest BCUT2D eigenvalue weighted by molar-refractivity contribution is 7.84. The van der Waals surface area contributed by atoms with Gasteiger partial charge in [0, 0.05) is 34.4 Å². The summed E-state index contributed by atoms with van der Waals surface area (Å²) in [6, 6.07) is 12.0. The molecule has 11 heteroatoms. The van der Waals surface area contributed by atoms with E-state index in [1.807, 2.05) is 41.1 Å². The number of hydrogen-bond donors (Lipinski definition) is 3. The Balaban J connectivity index is 0.00000231. The topological polar surface area (TPSA) is 136 Å². The summed E-state index contributed by atoms with van der Waals surface area (Å²) in [5.74, 6) is -0.319. The normalized spacial score (nSPS) is 21.5. The third kappa shape index (κ3) is 4.17. The average Bonchev–Trinajstić information content (AvgIpc) is 3.41. The van der Waals surface area contributed by atoms with E-state index in [0.29, 0.717) is 12.8 Å². The number of aromatic amines is 1. The number of halogens is 1. The first-order valence-electron chi connectivity index (χ1n) is 9.64. The highest BCUT2D eigenvalue weighted by atomic mass is 35.5. The molecule has 1 aliphatic carbocycles. The molecule has 4 aromatic rings. The van der Waals surface area contributed by atoms with Crippen LogP contribution in [0.2, 0.25) is 0 Å². The predicted octanol–water partition coefficient (Wildman–Crippen LogP) is 2.53. The van der Waals surface area contributed by atoms with E-state index >= 15 is 0 Å². The van der Waals surface area contributed by atoms with Crippen molar-refractivity contribution in [3.63, 3.8) is 0 Å². The second-order valence-corrected chi connectivity index (χ2v) is 8.90. The maximum atomic E-state index is 11.1. The number of nitrogens with zero attached hydrogens (tertiary/aromatic N) is 3. The number of fused-ring (bicyclic) bond motifs is 2. The molecule has 3 heterocycles. The molecular formula is C20H22ClN5O4S. The van der Waals surface area contributed by atoms with Gasteiger partial charge in [-0.3, -0.25) is 4.18 Å². The summed E-state index contributed by atoms with van der Waals surface area (Å²) in [4.78, 5) is 12.4. The molecule has 0 aliphatic heterocycles. The van der Waals surface area contributed by atoms with Crippen LogP contribution in [0.1, 0.15) is 18.9 Å². The van der Waals surface area contributed by atoms with E-state index in [2.05, 4.69) is 21.0 Å². The molecule has 5 rings (SSSR count). The molecule has 0 bridgehead atoms. The highest BCUT2D eigenvalue weighted by Gasteiger charge is 2.35. The van der Waals surface area contributed by atoms with Gasteiger partial charge in [-0.15, -0.1) is 12.4 Å². The Kier molecular flexibility index (Phi) is 5.75. The number of nitrogens with one attached hydrogen (secondary N) is 1. The number of rotatable bonds is 5. The van der Waals surface area contributed by atoms with Crippen LogP contribution in [0.4, 0.5) is 0 Å². The fraction of sp³-hybridized carbons (Fsp3) is 0.300. The van der Waals surface area contributed by atoms with Crippen LogP contribution in [0.25, 0.3) is 33.3 Å². The number of benzene rings is 1. The van der Waals surface area contributed by atoms with Crippen molar-refractivity contribution in [2.24, 2.45) is 11.1 Å². The van der Waals surface area contributed by atoms with Gasteiger partial charge in [0.1, 0.15) is 12.0 Å². The molecule has 1 fully saturated rings. The number of H-pyrrole nitrogens is 1. The molecule has 0 radical (unpaired) electrons. The van der Waals surface area contributed by atoms with Gasteiger partial charge in [-0.1, -0.05) is 18.2 Å². The smallest absolute Gasteiger partial charge is 0.333 e. The lowest BCUT2D eigenvalue weighted by molar-refractivity contribution is 0.100. The molecule has 164 valence electrons. The SMILES string of the molecule is Cl.NS(=O)(=O)OC[C@@H]1C[C@@H](n2ccc3c(-c4cc5ccccc5[nH]4)ncnc32)C[C@@H]1O. The van der Waals surface area contributed by atoms with E-state index in [1.165, 1.54) is 6.33 Å². The largest absolute Gasteiger partial charge is 0.393 e. The average molecular weight is 464 g/mol. The predicted molar refractivity (Wildman–Crippen MR) is 119 cm³/mol. The second kappa shape index (κ2) is 8.21. The number of nitrogens with two attached hydrogens (primary N) is 1. The van der Waals surface area contributed by atoms with E-state index < -0.39 is 16.4 Å². The minimum absolute atomic E-state index is 0. The maximum absolute atomic E-state index is 11.1. The van der Waals surface area contributed by atoms with Gasteiger partial charge in [-0.2, -0.15) is 8.42 Å². The minimum atomic E-state index is -4.03. The van der Waals surface area contributed by atoms with Crippen molar-refractivity contribution in [1.29, 1.82) is 0 Å². The van der Waals surface area contributed by atoms with Crippen molar-refractivity contribution in [2.45, 2.75) is 25.0 Å². The lowest BCUT2D eigenvalue weighted by Gasteiger charge is -2.14. The summed E-state index contributed by atoms with van der Waals surface area (Å²) >= 11 is 0. The highest BCUT2D eigenvalue weighted by Crippen LogP contribution is 2.38. The Morgan fingerprint density at radius 2 is 2.03 bits per heavy atom. The summed E-state index contributed by atoms with van der Waals surface area (Å²) < 4.78 is 28.8. The summed E-state index contributed by atoms with van der Waals surface area (Å²) in [5.41, 5.74) is 3.52. The van der Waals surface area contributed by atoms with Crippen LogP contribution in [0, 0.1) is 5.92 Å². The van der Waals surface area contributed by atoms with Crippen molar-refractivity contribution in [3.8, 4) is 11.4 Å². The molecule has 9 nitrogen and oxygen atoms in total. The third-order valence-corrected chi connectivity index (χ3v) is 6.23. The van der Waals surface area contributed by atoms with Crippen molar-refractivity contribution in [3.05, 3.63) is 48.9 Å². The lowest BCUT2D eigenvalue weighted by atomic mass is 10.1. The van der Waals surface area contributed by atoms with Gasteiger partial charge in [-0.05, 0) is 31.0 Å². The van der Waals surface area contributed by atoms with Gasteiger partial charge < -0.3 is 14.7 Å². The van der Waals surface area contributed by atoms with Crippen LogP contribution in [0.15, 0.2) is 48.9 Å². The number of aliphatic hydroxyl groups excluding tert-OH is 1. The van der Waals surface area contributed by atoms with E-state index in [9.17, 15) is 13.5 Å². The molecule has 1 aromatic carbocycles. The molecule has 31 heavy (non-hydrogen) atoms. The summed E-state index contributed by atoms with van der Waals surface area (Å²) in [6.07, 6.45) is 3.84. The second-order valence-electron chi connectivity index (χ2n) is 7.68. The van der Waals surface area contributed by atoms with Gasteiger partial charge in [0.05, 0.1) is 24.1 Å². The minimum Gasteiger partial charge on any atom is -0.393 e. The fourth-order valence-electron chi connectivity index (χ4n) is 4.34. The summed E-state index contributed by atoms with van der Waals surface area (Å²) in [5, 5.41) is 17.3. The molecule has 4 N–H and O–H groups in total. The summed E-state index contributed by atoms with van der Waals surface area (Å²) in [6.45, 7) is -0.134. The van der Waals surface area contributed by atoms with E-state index in [0.717, 1.165) is 33.3 Å². The Morgan fingerprint density at radius 1 is 1.23 bits per heavy atom. The van der Waals surface area contributed by atoms with Crippen molar-refractivity contribution in [2.75, 3.05) is 6.61 Å². The molecule has 0 saturated heterocycles. The Labute approximate surface area is 184 Å². The maximum Gasteiger partial charge on any atom is 0.333 e. The first-order chi connectivity index (χ1) is 14.4. The molecule has 0 unspecified atom stereocenters. The molecule has 1 aliphatic rings. The zero-order valence-corrected chi connectivity index (χ0v) is 18.0. The molecule has 3 atom stereocenters. The van der Waals surface area contributed by atoms with E-state index in [-0.39, 0.29) is 31.0 Å². The van der Waals surface area contributed by atoms with Crippen LogP contribution >= 0.6 is 12.4 Å². The number of hydrogen-bond acceptors (Lipinski definition) is 6. The van der Waals surface area contributed by atoms with E-state index in [4.69, 9.17) is 9.32 Å². The van der Waals surface area contributed by atoms with Gasteiger partial charge in [0.2, 0.25) is 0 Å². The quantitative estimate of drug-likeness (QED) is 0.416. The van der Waals surface area contributed by atoms with E-state index in [1.54, 1.807) is 0 Å². The summed E-state index contributed by atoms with van der Waals surface area (Å²) in [7, 11) is -4.03. The molecule has 0 spiro atoms. The van der Waals surface area contributed by atoms with Crippen LogP contribution in [0.3, 0.4) is 0 Å². The fourth-order valence-corrected chi connectivity index (χ4v) is 4.71. The number of para-hydroxylation sites is 1. The Bertz CT molecular complexity index is 1300. The molecule has 3 aromatic heterocycles. The Morgan fingerprint density at radius 3 is 2.81 bits per heavy atom. The van der Waals surface area contributed by atoms with Crippen LogP contribution in [0.5, 0.6) is 0 Å². The van der Waals surface area contributed by atoms with Crippen molar-refractivity contribution >= 4 is 44.6 Å². The first-order valence-corrected chi connectivity index (χ1v) is 11.1. The number of aliphatic hydroxyl groups is 1. The van der Waals surface area contributed by atoms with Gasteiger partial charge in [-0.25, -0.2) is 15.1 Å². The zero-order chi connectivity index (χ0) is 20.9. The third-order valence-electron chi connectivity index (χ3n) is 5.77. The first kappa shape index (κ1) is 21.7. The molecule has 1 saturated carbocycles. The van der Waals surface area contributed by atoms with Gasteiger partial charge in [0.15, 0.2) is 0 Å². The van der Waals surface area contributed by atoms with Crippen LogP contribution in [-0.2, 0) is 14.5 Å².